The van der Waals surface area contributed by atoms with Crippen LogP contribution in [0.4, 0.5) is 0 Å². The SMILES string of the molecule is CCCN1CCN(CCNC(C)C2CC2)CC1. The Balaban J connectivity index is 1.52. The van der Waals surface area contributed by atoms with Gasteiger partial charge in [0.1, 0.15) is 0 Å². The summed E-state index contributed by atoms with van der Waals surface area (Å²) in [5.74, 6) is 0.983. The molecule has 1 aliphatic heterocycles. The highest BCUT2D eigenvalue weighted by atomic mass is 15.3. The molecule has 0 radical (unpaired) electrons. The summed E-state index contributed by atoms with van der Waals surface area (Å²) >= 11 is 0. The van der Waals surface area contributed by atoms with Crippen LogP contribution < -0.4 is 5.32 Å². The van der Waals surface area contributed by atoms with Gasteiger partial charge in [-0.15, -0.1) is 0 Å². The smallest absolute Gasteiger partial charge is 0.0110 e. The summed E-state index contributed by atoms with van der Waals surface area (Å²) in [7, 11) is 0. The summed E-state index contributed by atoms with van der Waals surface area (Å²) in [5.41, 5.74) is 0. The van der Waals surface area contributed by atoms with Gasteiger partial charge in [-0.05, 0) is 38.6 Å². The first kappa shape index (κ1) is 13.3. The lowest BCUT2D eigenvalue weighted by atomic mass is 10.2. The molecule has 0 spiro atoms. The van der Waals surface area contributed by atoms with Gasteiger partial charge in [0.05, 0.1) is 0 Å². The molecule has 2 fully saturated rings. The van der Waals surface area contributed by atoms with Crippen LogP contribution in [-0.2, 0) is 0 Å². The molecule has 1 N–H and O–H groups in total. The molecule has 3 nitrogen and oxygen atoms in total. The molecule has 0 aromatic heterocycles. The number of piperazine rings is 1. The van der Waals surface area contributed by atoms with Crippen molar-refractivity contribution in [2.45, 2.75) is 39.2 Å². The highest BCUT2D eigenvalue weighted by Crippen LogP contribution is 2.32. The van der Waals surface area contributed by atoms with Crippen LogP contribution in [0.15, 0.2) is 0 Å². The first-order valence-corrected chi connectivity index (χ1v) is 7.47. The standard InChI is InChI=1S/C14H29N3/c1-3-7-16-9-11-17(12-10-16)8-6-15-13(2)14-4-5-14/h13-15H,3-12H2,1-2H3. The fourth-order valence-corrected chi connectivity index (χ4v) is 2.77. The van der Waals surface area contributed by atoms with Crippen molar-refractivity contribution in [3.8, 4) is 0 Å². The van der Waals surface area contributed by atoms with Crippen molar-refractivity contribution in [1.29, 1.82) is 0 Å². The molecule has 1 heterocycles. The van der Waals surface area contributed by atoms with Gasteiger partial charge in [-0.2, -0.15) is 0 Å². The van der Waals surface area contributed by atoms with Gasteiger partial charge in [0, 0.05) is 45.3 Å². The zero-order valence-corrected chi connectivity index (χ0v) is 11.6. The van der Waals surface area contributed by atoms with Crippen molar-refractivity contribution in [3.63, 3.8) is 0 Å². The minimum Gasteiger partial charge on any atom is -0.313 e. The van der Waals surface area contributed by atoms with Crippen LogP contribution in [0.1, 0.15) is 33.1 Å². The van der Waals surface area contributed by atoms with Crippen molar-refractivity contribution >= 4 is 0 Å². The maximum Gasteiger partial charge on any atom is 0.0110 e. The number of hydrogen-bond donors (Lipinski definition) is 1. The first-order valence-electron chi connectivity index (χ1n) is 7.47. The molecule has 3 heteroatoms. The lowest BCUT2D eigenvalue weighted by Crippen LogP contribution is -2.48. The van der Waals surface area contributed by atoms with Crippen molar-refractivity contribution in [3.05, 3.63) is 0 Å². The second kappa shape index (κ2) is 6.72. The minimum atomic E-state index is 0.747. The number of nitrogens with one attached hydrogen (secondary N) is 1. The summed E-state index contributed by atoms with van der Waals surface area (Å²) in [6, 6.07) is 0.747. The minimum absolute atomic E-state index is 0.747. The van der Waals surface area contributed by atoms with Crippen molar-refractivity contribution in [1.82, 2.24) is 15.1 Å². The van der Waals surface area contributed by atoms with Gasteiger partial charge in [-0.1, -0.05) is 6.92 Å². The molecule has 1 saturated heterocycles. The largest absolute Gasteiger partial charge is 0.313 e. The molecule has 0 aromatic carbocycles. The Morgan fingerprint density at radius 2 is 1.65 bits per heavy atom. The zero-order valence-electron chi connectivity index (χ0n) is 11.6. The summed E-state index contributed by atoms with van der Waals surface area (Å²) in [5, 5.41) is 3.67. The van der Waals surface area contributed by atoms with Gasteiger partial charge in [-0.3, -0.25) is 4.90 Å². The van der Waals surface area contributed by atoms with Crippen LogP contribution >= 0.6 is 0 Å². The van der Waals surface area contributed by atoms with Crippen LogP contribution in [-0.4, -0.2) is 61.7 Å². The summed E-state index contributed by atoms with van der Waals surface area (Å²) in [6.45, 7) is 13.4. The van der Waals surface area contributed by atoms with Crippen molar-refractivity contribution < 1.29 is 0 Å². The van der Waals surface area contributed by atoms with E-state index in [-0.39, 0.29) is 0 Å². The normalized spacial score (nSPS) is 25.1. The second-order valence-electron chi connectivity index (χ2n) is 5.76. The van der Waals surface area contributed by atoms with Gasteiger partial charge >= 0.3 is 0 Å². The average Bonchev–Trinajstić information content (AvgIpc) is 3.15. The van der Waals surface area contributed by atoms with Crippen LogP contribution in [0.3, 0.4) is 0 Å². The second-order valence-corrected chi connectivity index (χ2v) is 5.76. The highest BCUT2D eigenvalue weighted by molar-refractivity contribution is 4.83. The van der Waals surface area contributed by atoms with E-state index >= 15 is 0 Å². The molecule has 1 unspecified atom stereocenters. The molecule has 1 aliphatic carbocycles. The molecule has 0 aromatic rings. The Bertz CT molecular complexity index is 208. The van der Waals surface area contributed by atoms with Gasteiger partial charge in [0.25, 0.3) is 0 Å². The van der Waals surface area contributed by atoms with E-state index in [4.69, 9.17) is 0 Å². The summed E-state index contributed by atoms with van der Waals surface area (Å²) < 4.78 is 0. The molecular formula is C14H29N3. The van der Waals surface area contributed by atoms with E-state index in [2.05, 4.69) is 29.0 Å². The molecular weight excluding hydrogens is 210 g/mol. The summed E-state index contributed by atoms with van der Waals surface area (Å²) in [4.78, 5) is 5.20. The fourth-order valence-electron chi connectivity index (χ4n) is 2.77. The van der Waals surface area contributed by atoms with Crippen molar-refractivity contribution in [2.24, 2.45) is 5.92 Å². The Kier molecular flexibility index (Phi) is 5.26. The predicted octanol–water partition coefficient (Wildman–Crippen LogP) is 1.40. The third kappa shape index (κ3) is 4.57. The topological polar surface area (TPSA) is 18.5 Å². The third-order valence-electron chi connectivity index (χ3n) is 4.23. The lowest BCUT2D eigenvalue weighted by molar-refractivity contribution is 0.132. The predicted molar refractivity (Wildman–Crippen MR) is 73.4 cm³/mol. The van der Waals surface area contributed by atoms with E-state index in [1.54, 1.807) is 0 Å². The van der Waals surface area contributed by atoms with Crippen molar-refractivity contribution in [2.75, 3.05) is 45.8 Å². The monoisotopic (exact) mass is 239 g/mol. The molecule has 0 amide bonds. The van der Waals surface area contributed by atoms with Gasteiger partial charge < -0.3 is 10.2 Å². The molecule has 100 valence electrons. The maximum atomic E-state index is 3.67. The van der Waals surface area contributed by atoms with Crippen LogP contribution in [0.25, 0.3) is 0 Å². The Morgan fingerprint density at radius 1 is 1.06 bits per heavy atom. The number of hydrogen-bond acceptors (Lipinski definition) is 3. The van der Waals surface area contributed by atoms with E-state index in [0.717, 1.165) is 12.0 Å². The Morgan fingerprint density at radius 3 is 2.18 bits per heavy atom. The van der Waals surface area contributed by atoms with E-state index in [0.29, 0.717) is 0 Å². The number of nitrogens with zero attached hydrogens (tertiary/aromatic N) is 2. The molecule has 2 rings (SSSR count). The average molecular weight is 239 g/mol. The van der Waals surface area contributed by atoms with E-state index in [1.165, 1.54) is 65.1 Å². The molecule has 1 atom stereocenters. The Labute approximate surface area is 107 Å². The van der Waals surface area contributed by atoms with E-state index in [9.17, 15) is 0 Å². The molecule has 17 heavy (non-hydrogen) atoms. The molecule has 0 bridgehead atoms. The van der Waals surface area contributed by atoms with Gasteiger partial charge in [-0.25, -0.2) is 0 Å². The zero-order chi connectivity index (χ0) is 12.1. The van der Waals surface area contributed by atoms with Gasteiger partial charge in [0.2, 0.25) is 0 Å². The van der Waals surface area contributed by atoms with E-state index in [1.807, 2.05) is 0 Å². The van der Waals surface area contributed by atoms with Gasteiger partial charge in [0.15, 0.2) is 0 Å². The third-order valence-corrected chi connectivity index (χ3v) is 4.23. The lowest BCUT2D eigenvalue weighted by Gasteiger charge is -2.34. The quantitative estimate of drug-likeness (QED) is 0.724. The maximum absolute atomic E-state index is 3.67. The Hall–Kier alpha value is -0.120. The first-order chi connectivity index (χ1) is 8.29. The van der Waals surface area contributed by atoms with Crippen LogP contribution in [0.5, 0.6) is 0 Å². The van der Waals surface area contributed by atoms with E-state index < -0.39 is 0 Å². The molecule has 1 saturated carbocycles. The van der Waals surface area contributed by atoms with Crippen LogP contribution in [0.2, 0.25) is 0 Å². The summed E-state index contributed by atoms with van der Waals surface area (Å²) in [6.07, 6.45) is 4.19. The molecule has 2 aliphatic rings. The number of rotatable bonds is 7. The fraction of sp³-hybridized carbons (Fsp3) is 1.00. The van der Waals surface area contributed by atoms with Crippen LogP contribution in [0, 0.1) is 5.92 Å². The highest BCUT2D eigenvalue weighted by Gasteiger charge is 2.27.